The van der Waals surface area contributed by atoms with Crippen LogP contribution in [0.25, 0.3) is 0 Å². The van der Waals surface area contributed by atoms with Crippen molar-refractivity contribution in [3.63, 3.8) is 0 Å². The molecule has 0 aliphatic heterocycles. The highest BCUT2D eigenvalue weighted by Crippen LogP contribution is 2.29. The molecule has 2 aromatic rings. The first-order valence-electron chi connectivity index (χ1n) is 6.70. The van der Waals surface area contributed by atoms with Crippen molar-refractivity contribution in [2.45, 2.75) is 26.9 Å². The molecule has 112 valence electrons. The molecule has 0 unspecified atom stereocenters. The maximum Gasteiger partial charge on any atom is 0.266 e. The highest BCUT2D eigenvalue weighted by molar-refractivity contribution is 7.13. The van der Waals surface area contributed by atoms with Crippen molar-refractivity contribution >= 4 is 22.4 Å². The van der Waals surface area contributed by atoms with E-state index in [0.29, 0.717) is 23.2 Å². The van der Waals surface area contributed by atoms with Crippen molar-refractivity contribution < 1.29 is 14.3 Å². The van der Waals surface area contributed by atoms with E-state index < -0.39 is 6.10 Å². The predicted molar refractivity (Wildman–Crippen MR) is 83.2 cm³/mol. The number of carbonyl (C=O) groups is 1. The third-order valence-electron chi connectivity index (χ3n) is 2.73. The molecule has 0 radical (unpaired) electrons. The number of hydrogen-bond donors (Lipinski definition) is 1. The Morgan fingerprint density at radius 2 is 2.24 bits per heavy atom. The lowest BCUT2D eigenvalue weighted by Crippen LogP contribution is -2.30. The fraction of sp³-hybridized carbons (Fsp3) is 0.333. The Morgan fingerprint density at radius 3 is 2.90 bits per heavy atom. The number of anilines is 1. The second-order valence-corrected chi connectivity index (χ2v) is 5.36. The van der Waals surface area contributed by atoms with Crippen LogP contribution in [-0.2, 0) is 4.79 Å². The Morgan fingerprint density at radius 1 is 1.43 bits per heavy atom. The SMILES string of the molecule is CCOc1cc(C)ccc1O[C@@H](C)C(=O)Nc1nccs1. The third-order valence-corrected chi connectivity index (χ3v) is 3.42. The number of thiazole rings is 1. The number of rotatable bonds is 6. The molecule has 1 aromatic heterocycles. The van der Waals surface area contributed by atoms with Gasteiger partial charge < -0.3 is 9.47 Å². The average molecular weight is 306 g/mol. The number of ether oxygens (including phenoxy) is 2. The van der Waals surface area contributed by atoms with Gasteiger partial charge in [-0.25, -0.2) is 4.98 Å². The smallest absolute Gasteiger partial charge is 0.266 e. The quantitative estimate of drug-likeness (QED) is 0.890. The number of benzene rings is 1. The van der Waals surface area contributed by atoms with Crippen LogP contribution in [0.1, 0.15) is 19.4 Å². The van der Waals surface area contributed by atoms with Gasteiger partial charge >= 0.3 is 0 Å². The molecule has 5 nitrogen and oxygen atoms in total. The largest absolute Gasteiger partial charge is 0.490 e. The van der Waals surface area contributed by atoms with Crippen LogP contribution in [0.3, 0.4) is 0 Å². The van der Waals surface area contributed by atoms with Crippen LogP contribution in [0, 0.1) is 6.92 Å². The van der Waals surface area contributed by atoms with E-state index in [4.69, 9.17) is 9.47 Å². The molecule has 0 aliphatic carbocycles. The zero-order valence-electron chi connectivity index (χ0n) is 12.3. The lowest BCUT2D eigenvalue weighted by atomic mass is 10.2. The van der Waals surface area contributed by atoms with Crippen molar-refractivity contribution in [2.75, 3.05) is 11.9 Å². The number of hydrogen-bond acceptors (Lipinski definition) is 5. The third kappa shape index (κ3) is 4.19. The lowest BCUT2D eigenvalue weighted by Gasteiger charge is -2.17. The Bertz CT molecular complexity index is 599. The number of nitrogens with one attached hydrogen (secondary N) is 1. The molecule has 0 bridgehead atoms. The average Bonchev–Trinajstić information content (AvgIpc) is 2.95. The first-order chi connectivity index (χ1) is 10.1. The van der Waals surface area contributed by atoms with Crippen molar-refractivity contribution in [3.05, 3.63) is 35.3 Å². The van der Waals surface area contributed by atoms with Gasteiger partial charge in [-0.2, -0.15) is 0 Å². The summed E-state index contributed by atoms with van der Waals surface area (Å²) >= 11 is 1.36. The number of aryl methyl sites for hydroxylation is 1. The standard InChI is InChI=1S/C15H18N2O3S/c1-4-19-13-9-10(2)5-6-12(13)20-11(3)14(18)17-15-16-7-8-21-15/h5-9,11H,4H2,1-3H3,(H,16,17,18)/t11-/m0/s1. The van der Waals surface area contributed by atoms with Crippen LogP contribution >= 0.6 is 11.3 Å². The van der Waals surface area contributed by atoms with Crippen molar-refractivity contribution in [2.24, 2.45) is 0 Å². The van der Waals surface area contributed by atoms with Crippen molar-refractivity contribution in [1.82, 2.24) is 4.98 Å². The molecule has 0 fully saturated rings. The Kier molecular flexibility index (Phi) is 5.16. The first kappa shape index (κ1) is 15.3. The van der Waals surface area contributed by atoms with Crippen LogP contribution in [-0.4, -0.2) is 23.6 Å². The summed E-state index contributed by atoms with van der Waals surface area (Å²) in [4.78, 5) is 16.1. The van der Waals surface area contributed by atoms with E-state index in [9.17, 15) is 4.79 Å². The first-order valence-corrected chi connectivity index (χ1v) is 7.58. The van der Waals surface area contributed by atoms with Gasteiger partial charge in [0.05, 0.1) is 6.61 Å². The summed E-state index contributed by atoms with van der Waals surface area (Å²) in [5.41, 5.74) is 1.07. The second kappa shape index (κ2) is 7.08. The van der Waals surface area contributed by atoms with Gasteiger partial charge in [0, 0.05) is 11.6 Å². The molecule has 0 saturated heterocycles. The maximum atomic E-state index is 12.0. The molecule has 1 atom stereocenters. The van der Waals surface area contributed by atoms with Crippen LogP contribution < -0.4 is 14.8 Å². The summed E-state index contributed by atoms with van der Waals surface area (Å²) in [5.74, 6) is 0.962. The van der Waals surface area contributed by atoms with E-state index in [-0.39, 0.29) is 5.91 Å². The van der Waals surface area contributed by atoms with Gasteiger partial charge in [-0.3, -0.25) is 10.1 Å². The van der Waals surface area contributed by atoms with Gasteiger partial charge in [-0.15, -0.1) is 11.3 Å². The molecule has 0 saturated carbocycles. The van der Waals surface area contributed by atoms with Gasteiger partial charge in [0.15, 0.2) is 22.7 Å². The highest BCUT2D eigenvalue weighted by atomic mass is 32.1. The molecule has 2 rings (SSSR count). The zero-order chi connectivity index (χ0) is 15.2. The van der Waals surface area contributed by atoms with E-state index >= 15 is 0 Å². The molecular formula is C15H18N2O3S. The highest BCUT2D eigenvalue weighted by Gasteiger charge is 2.18. The van der Waals surface area contributed by atoms with Crippen molar-refractivity contribution in [3.8, 4) is 11.5 Å². The number of carbonyl (C=O) groups excluding carboxylic acids is 1. The predicted octanol–water partition coefficient (Wildman–Crippen LogP) is 3.26. The van der Waals surface area contributed by atoms with Gasteiger partial charge in [0.1, 0.15) is 0 Å². The zero-order valence-corrected chi connectivity index (χ0v) is 13.1. The summed E-state index contributed by atoms with van der Waals surface area (Å²) in [5, 5.41) is 5.07. The van der Waals surface area contributed by atoms with E-state index in [1.54, 1.807) is 18.5 Å². The van der Waals surface area contributed by atoms with Crippen LogP contribution in [0.15, 0.2) is 29.8 Å². The van der Waals surface area contributed by atoms with Crippen LogP contribution in [0.4, 0.5) is 5.13 Å². The molecule has 21 heavy (non-hydrogen) atoms. The summed E-state index contributed by atoms with van der Waals surface area (Å²) in [6, 6.07) is 5.63. The van der Waals surface area contributed by atoms with Gasteiger partial charge in [0.2, 0.25) is 0 Å². The summed E-state index contributed by atoms with van der Waals surface area (Å²) in [6.45, 7) is 6.12. The number of aromatic nitrogens is 1. The molecule has 1 aromatic carbocycles. The number of amides is 1. The van der Waals surface area contributed by atoms with E-state index in [1.807, 2.05) is 32.0 Å². The normalized spacial score (nSPS) is 11.8. The molecule has 1 N–H and O–H groups in total. The number of nitrogens with zero attached hydrogens (tertiary/aromatic N) is 1. The van der Waals surface area contributed by atoms with E-state index in [0.717, 1.165) is 5.56 Å². The minimum Gasteiger partial charge on any atom is -0.490 e. The topological polar surface area (TPSA) is 60.5 Å². The van der Waals surface area contributed by atoms with Gasteiger partial charge in [-0.1, -0.05) is 6.07 Å². The van der Waals surface area contributed by atoms with Gasteiger partial charge in [0.25, 0.3) is 5.91 Å². The molecule has 1 heterocycles. The monoisotopic (exact) mass is 306 g/mol. The van der Waals surface area contributed by atoms with Crippen LogP contribution in [0.2, 0.25) is 0 Å². The Balaban J connectivity index is 2.04. The summed E-state index contributed by atoms with van der Waals surface area (Å²) in [7, 11) is 0. The molecule has 0 aliphatic rings. The second-order valence-electron chi connectivity index (χ2n) is 4.47. The van der Waals surface area contributed by atoms with Gasteiger partial charge in [-0.05, 0) is 38.5 Å². The van der Waals surface area contributed by atoms with E-state index in [1.165, 1.54) is 11.3 Å². The minimum absolute atomic E-state index is 0.243. The minimum atomic E-state index is -0.643. The van der Waals surface area contributed by atoms with Crippen LogP contribution in [0.5, 0.6) is 11.5 Å². The molecule has 1 amide bonds. The maximum absolute atomic E-state index is 12.0. The Hall–Kier alpha value is -2.08. The van der Waals surface area contributed by atoms with E-state index in [2.05, 4.69) is 10.3 Å². The molecule has 6 heteroatoms. The molecular weight excluding hydrogens is 288 g/mol. The summed E-state index contributed by atoms with van der Waals surface area (Å²) in [6.07, 6.45) is 0.995. The fourth-order valence-electron chi connectivity index (χ4n) is 1.72. The molecule has 0 spiro atoms. The fourth-order valence-corrected chi connectivity index (χ4v) is 2.25. The van der Waals surface area contributed by atoms with Crippen molar-refractivity contribution in [1.29, 1.82) is 0 Å². The summed E-state index contributed by atoms with van der Waals surface area (Å²) < 4.78 is 11.2. The lowest BCUT2D eigenvalue weighted by molar-refractivity contribution is -0.122. The Labute approximate surface area is 127 Å².